The minimum atomic E-state index is -1.16. The van der Waals surface area contributed by atoms with E-state index in [1.807, 2.05) is 24.3 Å². The molecule has 8 nitrogen and oxygen atoms in total. The van der Waals surface area contributed by atoms with Crippen LogP contribution in [0.15, 0.2) is 65.3 Å². The second kappa shape index (κ2) is 8.82. The van der Waals surface area contributed by atoms with Crippen LogP contribution in [0.2, 0.25) is 0 Å². The molecule has 0 aliphatic carbocycles. The smallest absolute Gasteiger partial charge is 0.271 e. The zero-order chi connectivity index (χ0) is 23.6. The summed E-state index contributed by atoms with van der Waals surface area (Å²) in [4.78, 5) is 39.9. The van der Waals surface area contributed by atoms with Crippen molar-refractivity contribution < 1.29 is 28.3 Å². The van der Waals surface area contributed by atoms with Crippen molar-refractivity contribution in [3.8, 4) is 11.5 Å². The summed E-state index contributed by atoms with van der Waals surface area (Å²) in [5.41, 5.74) is 0.380. The van der Waals surface area contributed by atoms with Gasteiger partial charge in [0.15, 0.2) is 11.4 Å². The summed E-state index contributed by atoms with van der Waals surface area (Å²) in [6.45, 7) is 3.34. The van der Waals surface area contributed by atoms with Crippen molar-refractivity contribution >= 4 is 23.3 Å². The monoisotopic (exact) mass is 448 g/mol. The molecule has 3 aromatic rings. The van der Waals surface area contributed by atoms with Crippen molar-refractivity contribution in [2.45, 2.75) is 26.0 Å². The molecule has 0 fully saturated rings. The molecular formula is C25H24N2O6. The quantitative estimate of drug-likeness (QED) is 0.557. The second-order valence-electron chi connectivity index (χ2n) is 8.12. The van der Waals surface area contributed by atoms with Crippen LogP contribution in [0.1, 0.15) is 35.5 Å². The molecule has 0 saturated carbocycles. The summed E-state index contributed by atoms with van der Waals surface area (Å²) in [5, 5.41) is 2.82. The van der Waals surface area contributed by atoms with Crippen LogP contribution in [-0.4, -0.2) is 36.9 Å². The third-order valence-electron chi connectivity index (χ3n) is 5.31. The Balaban J connectivity index is 1.56. The maximum atomic E-state index is 13.1. The normalized spacial score (nSPS) is 14.3. The summed E-state index contributed by atoms with van der Waals surface area (Å²) >= 11 is 0. The molecule has 0 bridgehead atoms. The number of ketones is 1. The van der Waals surface area contributed by atoms with E-state index >= 15 is 0 Å². The molecule has 2 heterocycles. The van der Waals surface area contributed by atoms with Gasteiger partial charge in [0.05, 0.1) is 19.1 Å². The van der Waals surface area contributed by atoms with E-state index in [1.165, 1.54) is 11.2 Å². The topological polar surface area (TPSA) is 98.1 Å². The maximum Gasteiger partial charge on any atom is 0.271 e. The van der Waals surface area contributed by atoms with Crippen molar-refractivity contribution in [1.29, 1.82) is 0 Å². The number of furan rings is 1. The van der Waals surface area contributed by atoms with Crippen LogP contribution < -0.4 is 19.7 Å². The summed E-state index contributed by atoms with van der Waals surface area (Å²) < 4.78 is 16.3. The van der Waals surface area contributed by atoms with Gasteiger partial charge in [0.2, 0.25) is 11.7 Å². The van der Waals surface area contributed by atoms with Crippen molar-refractivity contribution in [2.75, 3.05) is 18.6 Å². The first kappa shape index (κ1) is 22.1. The Morgan fingerprint density at radius 2 is 1.91 bits per heavy atom. The van der Waals surface area contributed by atoms with Crippen LogP contribution in [0.25, 0.3) is 0 Å². The number of nitrogens with one attached hydrogen (secondary N) is 1. The Labute approximate surface area is 191 Å². The van der Waals surface area contributed by atoms with Crippen LogP contribution >= 0.6 is 0 Å². The lowest BCUT2D eigenvalue weighted by Crippen LogP contribution is -2.55. The van der Waals surface area contributed by atoms with E-state index in [1.54, 1.807) is 51.3 Å². The number of benzene rings is 2. The first-order valence-electron chi connectivity index (χ1n) is 10.4. The molecule has 0 saturated heterocycles. The summed E-state index contributed by atoms with van der Waals surface area (Å²) in [6.07, 6.45) is 1.42. The van der Waals surface area contributed by atoms with Gasteiger partial charge >= 0.3 is 0 Å². The van der Waals surface area contributed by atoms with Gasteiger partial charge < -0.3 is 19.2 Å². The highest BCUT2D eigenvalue weighted by Gasteiger charge is 2.42. The lowest BCUT2D eigenvalue weighted by molar-refractivity contribution is -0.134. The van der Waals surface area contributed by atoms with Gasteiger partial charge in [-0.25, -0.2) is 0 Å². The van der Waals surface area contributed by atoms with Gasteiger partial charge in [-0.15, -0.1) is 0 Å². The average Bonchev–Trinajstić information content (AvgIpc) is 3.35. The lowest BCUT2D eigenvalue weighted by atomic mass is 10.0. The number of nitrogens with zero attached hydrogens (tertiary/aromatic N) is 1. The van der Waals surface area contributed by atoms with E-state index in [4.69, 9.17) is 13.9 Å². The Hall–Kier alpha value is -4.07. The molecule has 1 aliphatic heterocycles. The summed E-state index contributed by atoms with van der Waals surface area (Å²) in [5.74, 6) is 0.223. The first-order valence-corrected chi connectivity index (χ1v) is 10.4. The van der Waals surface area contributed by atoms with E-state index in [9.17, 15) is 14.4 Å². The highest BCUT2D eigenvalue weighted by molar-refractivity contribution is 6.10. The molecule has 0 spiro atoms. The predicted octanol–water partition coefficient (Wildman–Crippen LogP) is 3.34. The van der Waals surface area contributed by atoms with Crippen molar-refractivity contribution in [1.82, 2.24) is 5.32 Å². The fourth-order valence-electron chi connectivity index (χ4n) is 3.60. The van der Waals surface area contributed by atoms with E-state index in [0.717, 1.165) is 5.56 Å². The van der Waals surface area contributed by atoms with Crippen LogP contribution in [0.3, 0.4) is 0 Å². The number of anilines is 1. The minimum Gasteiger partial charge on any atom is -0.497 e. The SMILES string of the molecule is COc1cccc(CNC(=O)CN2C(=O)C(C)(C)Oc3ccc(C(=O)c4ccco4)cc32)c1. The fourth-order valence-corrected chi connectivity index (χ4v) is 3.60. The number of methoxy groups -OCH3 is 1. The van der Waals surface area contributed by atoms with E-state index < -0.39 is 5.60 Å². The number of hydrogen-bond donors (Lipinski definition) is 1. The molecular weight excluding hydrogens is 424 g/mol. The number of carbonyl (C=O) groups excluding carboxylic acids is 3. The molecule has 1 N–H and O–H groups in total. The Morgan fingerprint density at radius 1 is 1.09 bits per heavy atom. The zero-order valence-corrected chi connectivity index (χ0v) is 18.6. The Bertz CT molecular complexity index is 1200. The number of fused-ring (bicyclic) bond motifs is 1. The molecule has 4 rings (SSSR count). The maximum absolute atomic E-state index is 13.1. The van der Waals surface area contributed by atoms with E-state index in [-0.39, 0.29) is 36.4 Å². The van der Waals surface area contributed by atoms with Gasteiger partial charge in [0.1, 0.15) is 18.0 Å². The van der Waals surface area contributed by atoms with Gasteiger partial charge in [-0.3, -0.25) is 19.3 Å². The fraction of sp³-hybridized carbons (Fsp3) is 0.240. The number of amides is 2. The van der Waals surface area contributed by atoms with E-state index in [2.05, 4.69) is 5.32 Å². The molecule has 0 atom stereocenters. The number of rotatable bonds is 7. The molecule has 0 radical (unpaired) electrons. The van der Waals surface area contributed by atoms with Crippen molar-refractivity contribution in [3.63, 3.8) is 0 Å². The second-order valence-corrected chi connectivity index (χ2v) is 8.12. The molecule has 1 aromatic heterocycles. The van der Waals surface area contributed by atoms with Crippen LogP contribution in [0.5, 0.6) is 11.5 Å². The number of ether oxygens (including phenoxy) is 2. The zero-order valence-electron chi connectivity index (χ0n) is 18.6. The van der Waals surface area contributed by atoms with Gasteiger partial charge in [0.25, 0.3) is 5.91 Å². The minimum absolute atomic E-state index is 0.181. The van der Waals surface area contributed by atoms with Crippen molar-refractivity contribution in [3.05, 3.63) is 77.7 Å². The first-order chi connectivity index (χ1) is 15.8. The molecule has 1 aliphatic rings. The molecule has 2 amide bonds. The molecule has 170 valence electrons. The third-order valence-corrected chi connectivity index (χ3v) is 5.31. The van der Waals surface area contributed by atoms with Crippen LogP contribution in [0, 0.1) is 0 Å². The Morgan fingerprint density at radius 3 is 2.64 bits per heavy atom. The van der Waals surface area contributed by atoms with Gasteiger partial charge in [-0.1, -0.05) is 12.1 Å². The molecule has 2 aromatic carbocycles. The van der Waals surface area contributed by atoms with Crippen LogP contribution in [-0.2, 0) is 16.1 Å². The van der Waals surface area contributed by atoms with Gasteiger partial charge in [-0.05, 0) is 61.9 Å². The average molecular weight is 448 g/mol. The highest BCUT2D eigenvalue weighted by Crippen LogP contribution is 2.38. The molecule has 33 heavy (non-hydrogen) atoms. The standard InChI is InChI=1S/C25H24N2O6/c1-25(2)24(30)27(15-22(28)26-14-16-6-4-7-18(12-16)31-3)19-13-17(9-10-20(19)33-25)23(29)21-8-5-11-32-21/h4-13H,14-15H2,1-3H3,(H,26,28). The number of carbonyl (C=O) groups is 3. The largest absolute Gasteiger partial charge is 0.497 e. The molecule has 0 unspecified atom stereocenters. The van der Waals surface area contributed by atoms with E-state index in [0.29, 0.717) is 22.7 Å². The predicted molar refractivity (Wildman–Crippen MR) is 120 cm³/mol. The lowest BCUT2D eigenvalue weighted by Gasteiger charge is -2.38. The Kier molecular flexibility index (Phi) is 5.91. The molecule has 8 heteroatoms. The van der Waals surface area contributed by atoms with Gasteiger partial charge in [0, 0.05) is 12.1 Å². The highest BCUT2D eigenvalue weighted by atomic mass is 16.5. The summed E-state index contributed by atoms with van der Waals surface area (Å²) in [7, 11) is 1.58. The van der Waals surface area contributed by atoms with Crippen LogP contribution in [0.4, 0.5) is 5.69 Å². The summed E-state index contributed by atoms with van der Waals surface area (Å²) in [6, 6.07) is 15.3. The third kappa shape index (κ3) is 4.59. The van der Waals surface area contributed by atoms with Gasteiger partial charge in [-0.2, -0.15) is 0 Å². The number of hydrogen-bond acceptors (Lipinski definition) is 6. The van der Waals surface area contributed by atoms with Crippen molar-refractivity contribution in [2.24, 2.45) is 0 Å².